The zero-order valence-corrected chi connectivity index (χ0v) is 11.8. The summed E-state index contributed by atoms with van der Waals surface area (Å²) >= 11 is 3.19. The van der Waals surface area contributed by atoms with E-state index in [1.807, 2.05) is 18.4 Å². The summed E-state index contributed by atoms with van der Waals surface area (Å²) in [5.41, 5.74) is 0. The van der Waals surface area contributed by atoms with Crippen molar-refractivity contribution in [1.29, 1.82) is 0 Å². The predicted octanol–water partition coefficient (Wildman–Crippen LogP) is 1.91. The third-order valence-electron chi connectivity index (χ3n) is 2.43. The van der Waals surface area contributed by atoms with E-state index in [2.05, 4.69) is 11.4 Å². The second kappa shape index (κ2) is 7.74. The molecular formula is C12H19NO2S2. The van der Waals surface area contributed by atoms with Gasteiger partial charge in [0.1, 0.15) is 0 Å². The lowest BCUT2D eigenvalue weighted by Crippen LogP contribution is -2.28. The highest BCUT2D eigenvalue weighted by atomic mass is 32.2. The zero-order chi connectivity index (χ0) is 12.7. The first kappa shape index (κ1) is 14.5. The number of thioether (sulfide) groups is 1. The summed E-state index contributed by atoms with van der Waals surface area (Å²) < 4.78 is 0. The summed E-state index contributed by atoms with van der Waals surface area (Å²) in [4.78, 5) is 12.8. The van der Waals surface area contributed by atoms with Crippen molar-refractivity contribution in [2.24, 2.45) is 0 Å². The van der Waals surface area contributed by atoms with E-state index < -0.39 is 0 Å². The number of amides is 1. The molecule has 96 valence electrons. The van der Waals surface area contributed by atoms with Crippen LogP contribution in [-0.2, 0) is 11.2 Å². The zero-order valence-electron chi connectivity index (χ0n) is 10.2. The summed E-state index contributed by atoms with van der Waals surface area (Å²) in [5.74, 6) is 0.454. The lowest BCUT2D eigenvalue weighted by molar-refractivity contribution is -0.118. The quantitative estimate of drug-likeness (QED) is 0.798. The van der Waals surface area contributed by atoms with Gasteiger partial charge in [-0.15, -0.1) is 23.1 Å². The number of carbonyl (C=O) groups is 1. The average molecular weight is 273 g/mol. The Morgan fingerprint density at radius 3 is 2.94 bits per heavy atom. The second-order valence-electron chi connectivity index (χ2n) is 3.94. The van der Waals surface area contributed by atoms with Crippen molar-refractivity contribution in [1.82, 2.24) is 5.32 Å². The lowest BCUT2D eigenvalue weighted by atomic mass is 10.3. The molecule has 1 amide bonds. The summed E-state index contributed by atoms with van der Waals surface area (Å²) in [5, 5.41) is 14.3. The molecule has 1 heterocycles. The molecule has 3 nitrogen and oxygen atoms in total. The van der Waals surface area contributed by atoms with Gasteiger partial charge in [-0.3, -0.25) is 4.79 Å². The molecule has 0 saturated carbocycles. The van der Waals surface area contributed by atoms with Crippen LogP contribution in [-0.4, -0.2) is 34.7 Å². The number of aliphatic hydroxyl groups excluding tert-OH is 1. The number of thiophene rings is 1. The molecule has 0 bridgehead atoms. The van der Waals surface area contributed by atoms with Crippen LogP contribution >= 0.6 is 23.1 Å². The van der Waals surface area contributed by atoms with Crippen LogP contribution in [0.4, 0.5) is 0 Å². The molecular weight excluding hydrogens is 254 g/mol. The van der Waals surface area contributed by atoms with Crippen molar-refractivity contribution in [2.45, 2.75) is 31.6 Å². The predicted molar refractivity (Wildman–Crippen MR) is 74.6 cm³/mol. The van der Waals surface area contributed by atoms with Crippen LogP contribution in [0.3, 0.4) is 0 Å². The maximum absolute atomic E-state index is 11.5. The average Bonchev–Trinajstić information content (AvgIpc) is 2.78. The van der Waals surface area contributed by atoms with Crippen LogP contribution in [0.2, 0.25) is 0 Å². The van der Waals surface area contributed by atoms with Gasteiger partial charge in [0.2, 0.25) is 5.91 Å². The van der Waals surface area contributed by atoms with Gasteiger partial charge in [0.05, 0.1) is 11.9 Å². The Kier molecular flexibility index (Phi) is 6.62. The molecule has 5 heteroatoms. The molecule has 0 aromatic carbocycles. The second-order valence-corrected chi connectivity index (χ2v) is 6.33. The first-order chi connectivity index (χ1) is 8.09. The van der Waals surface area contributed by atoms with Crippen molar-refractivity contribution in [3.8, 4) is 0 Å². The number of aliphatic hydroxyl groups is 1. The number of carbonyl (C=O) groups excluding carboxylic acids is 1. The van der Waals surface area contributed by atoms with E-state index in [1.165, 1.54) is 16.6 Å². The molecule has 1 rings (SSSR count). The van der Waals surface area contributed by atoms with E-state index in [0.717, 1.165) is 6.42 Å². The van der Waals surface area contributed by atoms with Gasteiger partial charge < -0.3 is 10.4 Å². The van der Waals surface area contributed by atoms with Gasteiger partial charge in [0.25, 0.3) is 0 Å². The minimum absolute atomic E-state index is 0.0408. The topological polar surface area (TPSA) is 49.3 Å². The molecule has 0 aliphatic carbocycles. The summed E-state index contributed by atoms with van der Waals surface area (Å²) in [7, 11) is 0. The van der Waals surface area contributed by atoms with E-state index in [9.17, 15) is 9.90 Å². The monoisotopic (exact) mass is 273 g/mol. The van der Waals surface area contributed by atoms with Gasteiger partial charge in [-0.25, -0.2) is 0 Å². The third-order valence-corrected chi connectivity index (χ3v) is 4.72. The van der Waals surface area contributed by atoms with E-state index in [1.54, 1.807) is 18.3 Å². The maximum atomic E-state index is 11.5. The van der Waals surface area contributed by atoms with E-state index in [4.69, 9.17) is 0 Å². The van der Waals surface area contributed by atoms with Crippen LogP contribution in [0.1, 0.15) is 18.7 Å². The number of rotatable bonds is 7. The number of nitrogens with one attached hydrogen (secondary N) is 1. The molecule has 0 radical (unpaired) electrons. The van der Waals surface area contributed by atoms with Gasteiger partial charge in [-0.2, -0.15) is 0 Å². The minimum atomic E-state index is -0.376. The fraction of sp³-hybridized carbons (Fsp3) is 0.583. The van der Waals surface area contributed by atoms with Crippen LogP contribution in [0.15, 0.2) is 17.5 Å². The Bertz CT molecular complexity index is 325. The molecule has 2 N–H and O–H groups in total. The summed E-state index contributed by atoms with van der Waals surface area (Å²) in [6, 6.07) is 4.09. The van der Waals surface area contributed by atoms with Crippen LogP contribution < -0.4 is 5.32 Å². The highest BCUT2D eigenvalue weighted by Gasteiger charge is 2.11. The summed E-state index contributed by atoms with van der Waals surface area (Å²) in [6.45, 7) is 4.35. The van der Waals surface area contributed by atoms with Crippen LogP contribution in [0.5, 0.6) is 0 Å². The third kappa shape index (κ3) is 6.10. The SMILES string of the molecule is CC(O)C(C)SCC(=O)NCCc1cccs1. The van der Waals surface area contributed by atoms with Gasteiger partial charge in [0, 0.05) is 16.7 Å². The molecule has 1 aromatic heterocycles. The van der Waals surface area contributed by atoms with Gasteiger partial charge in [-0.1, -0.05) is 13.0 Å². The molecule has 0 aliphatic heterocycles. The Labute approximate surface area is 111 Å². The molecule has 0 aliphatic rings. The van der Waals surface area contributed by atoms with Crippen molar-refractivity contribution >= 4 is 29.0 Å². The highest BCUT2D eigenvalue weighted by molar-refractivity contribution is 8.00. The Morgan fingerprint density at radius 1 is 1.59 bits per heavy atom. The molecule has 0 fully saturated rings. The fourth-order valence-corrected chi connectivity index (χ4v) is 2.68. The maximum Gasteiger partial charge on any atom is 0.230 e. The number of hydrogen-bond donors (Lipinski definition) is 2. The van der Waals surface area contributed by atoms with Gasteiger partial charge in [-0.05, 0) is 24.8 Å². The Hall–Kier alpha value is -0.520. The van der Waals surface area contributed by atoms with E-state index >= 15 is 0 Å². The Morgan fingerprint density at radius 2 is 2.35 bits per heavy atom. The smallest absolute Gasteiger partial charge is 0.230 e. The molecule has 0 spiro atoms. The van der Waals surface area contributed by atoms with Crippen molar-refractivity contribution in [3.05, 3.63) is 22.4 Å². The van der Waals surface area contributed by atoms with Crippen molar-refractivity contribution in [3.63, 3.8) is 0 Å². The molecule has 2 atom stereocenters. The van der Waals surface area contributed by atoms with Crippen LogP contribution in [0, 0.1) is 0 Å². The lowest BCUT2D eigenvalue weighted by Gasteiger charge is -2.13. The largest absolute Gasteiger partial charge is 0.392 e. The standard InChI is InChI=1S/C12H19NO2S2/c1-9(14)10(2)17-8-12(15)13-6-5-11-4-3-7-16-11/h3-4,7,9-10,14H,5-6,8H2,1-2H3,(H,13,15). The molecule has 1 aromatic rings. The van der Waals surface area contributed by atoms with Gasteiger partial charge >= 0.3 is 0 Å². The van der Waals surface area contributed by atoms with Gasteiger partial charge in [0.15, 0.2) is 0 Å². The minimum Gasteiger partial charge on any atom is -0.392 e. The first-order valence-electron chi connectivity index (χ1n) is 5.68. The molecule has 17 heavy (non-hydrogen) atoms. The number of hydrogen-bond acceptors (Lipinski definition) is 4. The molecule has 2 unspecified atom stereocenters. The van der Waals surface area contributed by atoms with E-state index in [0.29, 0.717) is 12.3 Å². The van der Waals surface area contributed by atoms with Crippen LogP contribution in [0.25, 0.3) is 0 Å². The fourth-order valence-electron chi connectivity index (χ4n) is 1.18. The normalized spacial score (nSPS) is 14.3. The Balaban J connectivity index is 2.09. The first-order valence-corrected chi connectivity index (χ1v) is 7.61. The summed E-state index contributed by atoms with van der Waals surface area (Å²) in [6.07, 6.45) is 0.513. The molecule has 0 saturated heterocycles. The van der Waals surface area contributed by atoms with E-state index in [-0.39, 0.29) is 17.3 Å². The van der Waals surface area contributed by atoms with Crippen molar-refractivity contribution in [2.75, 3.05) is 12.3 Å². The highest BCUT2D eigenvalue weighted by Crippen LogP contribution is 2.13. The van der Waals surface area contributed by atoms with Crippen molar-refractivity contribution < 1.29 is 9.90 Å².